The predicted molar refractivity (Wildman–Crippen MR) is 75.8 cm³/mol. The molecule has 1 rings (SSSR count). The van der Waals surface area contributed by atoms with Gasteiger partial charge in [-0.25, -0.2) is 0 Å². The van der Waals surface area contributed by atoms with Gasteiger partial charge in [-0.3, -0.25) is 0 Å². The summed E-state index contributed by atoms with van der Waals surface area (Å²) >= 11 is 13.0. The molecule has 0 unspecified atom stereocenters. The van der Waals surface area contributed by atoms with E-state index in [2.05, 4.69) is 51.8 Å². The second-order valence-corrected chi connectivity index (χ2v) is 5.56. The monoisotopic (exact) mass is 350 g/mol. The lowest BCUT2D eigenvalue weighted by atomic mass is 10.0. The van der Waals surface area contributed by atoms with E-state index in [1.54, 1.807) is 0 Å². The minimum Gasteiger partial charge on any atom is -0.0880 e. The fraction of sp³-hybridized carbons (Fsp3) is 0.333. The van der Waals surface area contributed by atoms with Crippen LogP contribution in [0.3, 0.4) is 0 Å². The topological polar surface area (TPSA) is 0 Å². The summed E-state index contributed by atoms with van der Waals surface area (Å²) in [6.07, 6.45) is 2.15. The van der Waals surface area contributed by atoms with Crippen LogP contribution in [0.5, 0.6) is 0 Å². The van der Waals surface area contributed by atoms with Crippen molar-refractivity contribution in [3.8, 4) is 0 Å². The zero-order valence-corrected chi connectivity index (χ0v) is 12.7. The van der Waals surface area contributed by atoms with Crippen LogP contribution in [0.4, 0.5) is 0 Å². The van der Waals surface area contributed by atoms with Crippen LogP contribution in [-0.2, 0) is 0 Å². The van der Waals surface area contributed by atoms with Crippen molar-refractivity contribution in [3.63, 3.8) is 0 Å². The maximum absolute atomic E-state index is 6.15. The molecular weight excluding hydrogens is 339 g/mol. The number of halogens is 3. The van der Waals surface area contributed by atoms with Gasteiger partial charge in [0, 0.05) is 14.8 Å². The first kappa shape index (κ1) is 13.3. The highest BCUT2D eigenvalue weighted by Crippen LogP contribution is 2.25. The van der Waals surface area contributed by atoms with Crippen LogP contribution in [0.1, 0.15) is 19.4 Å². The van der Waals surface area contributed by atoms with Gasteiger partial charge < -0.3 is 0 Å². The molecule has 0 amide bonds. The van der Waals surface area contributed by atoms with Crippen LogP contribution in [0.25, 0.3) is 6.08 Å². The van der Waals surface area contributed by atoms with Gasteiger partial charge >= 0.3 is 0 Å². The molecular formula is C12H13Br2Cl. The Kier molecular flexibility index (Phi) is 5.37. The van der Waals surface area contributed by atoms with Crippen molar-refractivity contribution in [3.05, 3.63) is 38.8 Å². The highest BCUT2D eigenvalue weighted by Gasteiger charge is 2.04. The van der Waals surface area contributed by atoms with Crippen molar-refractivity contribution in [1.29, 1.82) is 0 Å². The Hall–Kier alpha value is 0.210. The van der Waals surface area contributed by atoms with E-state index in [1.807, 2.05) is 18.2 Å². The van der Waals surface area contributed by atoms with Gasteiger partial charge in [-0.1, -0.05) is 75.0 Å². The fourth-order valence-corrected chi connectivity index (χ4v) is 2.72. The molecule has 0 aliphatic rings. The van der Waals surface area contributed by atoms with Gasteiger partial charge in [-0.2, -0.15) is 0 Å². The number of rotatable bonds is 3. The van der Waals surface area contributed by atoms with Crippen LogP contribution in [-0.4, -0.2) is 5.33 Å². The highest BCUT2D eigenvalue weighted by atomic mass is 79.9. The van der Waals surface area contributed by atoms with Crippen molar-refractivity contribution in [2.45, 2.75) is 13.8 Å². The van der Waals surface area contributed by atoms with Gasteiger partial charge in [0.15, 0.2) is 0 Å². The molecule has 1 aromatic rings. The predicted octanol–water partition coefficient (Wildman–Crippen LogP) is 5.54. The molecule has 0 aliphatic carbocycles. The molecule has 0 bridgehead atoms. The largest absolute Gasteiger partial charge is 0.0880 e. The Labute approximate surface area is 113 Å². The number of hydrogen-bond acceptors (Lipinski definition) is 0. The summed E-state index contributed by atoms with van der Waals surface area (Å²) in [6.45, 7) is 4.36. The van der Waals surface area contributed by atoms with E-state index in [-0.39, 0.29) is 0 Å². The molecule has 82 valence electrons. The Morgan fingerprint density at radius 1 is 1.47 bits per heavy atom. The molecule has 0 aliphatic heterocycles. The van der Waals surface area contributed by atoms with E-state index in [0.29, 0.717) is 5.92 Å². The lowest BCUT2D eigenvalue weighted by molar-refractivity contribution is 0.781. The molecule has 0 N–H and O–H groups in total. The maximum Gasteiger partial charge on any atom is 0.0489 e. The summed E-state index contributed by atoms with van der Waals surface area (Å²) in [5, 5.41) is 1.67. The van der Waals surface area contributed by atoms with Gasteiger partial charge in [0.2, 0.25) is 0 Å². The van der Waals surface area contributed by atoms with Gasteiger partial charge in [0.05, 0.1) is 0 Å². The van der Waals surface area contributed by atoms with Crippen molar-refractivity contribution in [2.75, 3.05) is 5.33 Å². The lowest BCUT2D eigenvalue weighted by Crippen LogP contribution is -1.95. The minimum atomic E-state index is 0.532. The molecule has 0 saturated carbocycles. The van der Waals surface area contributed by atoms with E-state index in [4.69, 9.17) is 11.6 Å². The SMILES string of the molecule is CC(C)/C(=C/c1ccc(Br)cc1Cl)CBr. The smallest absolute Gasteiger partial charge is 0.0489 e. The third-order valence-electron chi connectivity index (χ3n) is 2.20. The Morgan fingerprint density at radius 3 is 2.60 bits per heavy atom. The number of benzene rings is 1. The highest BCUT2D eigenvalue weighted by molar-refractivity contribution is 9.10. The maximum atomic E-state index is 6.15. The molecule has 15 heavy (non-hydrogen) atoms. The molecule has 0 saturated heterocycles. The molecule has 1 aromatic carbocycles. The summed E-state index contributed by atoms with van der Waals surface area (Å²) < 4.78 is 1.01. The van der Waals surface area contributed by atoms with Crippen LogP contribution < -0.4 is 0 Å². The number of allylic oxidation sites excluding steroid dienone is 1. The zero-order chi connectivity index (χ0) is 11.4. The summed E-state index contributed by atoms with van der Waals surface area (Å²) in [5.41, 5.74) is 2.42. The molecule has 0 radical (unpaired) electrons. The average molecular weight is 352 g/mol. The second kappa shape index (κ2) is 6.07. The van der Waals surface area contributed by atoms with E-state index >= 15 is 0 Å². The van der Waals surface area contributed by atoms with Gasteiger partial charge in [-0.15, -0.1) is 0 Å². The van der Waals surface area contributed by atoms with Crippen LogP contribution >= 0.6 is 43.5 Å². The molecule has 0 atom stereocenters. The lowest BCUT2D eigenvalue weighted by Gasteiger charge is -2.08. The molecule has 0 heterocycles. The quantitative estimate of drug-likeness (QED) is 0.627. The Morgan fingerprint density at radius 2 is 2.13 bits per heavy atom. The van der Waals surface area contributed by atoms with E-state index in [9.17, 15) is 0 Å². The summed E-state index contributed by atoms with van der Waals surface area (Å²) in [6, 6.07) is 5.95. The van der Waals surface area contributed by atoms with E-state index in [0.717, 1.165) is 20.4 Å². The van der Waals surface area contributed by atoms with Gasteiger partial charge in [-0.05, 0) is 23.6 Å². The first-order valence-electron chi connectivity index (χ1n) is 4.76. The van der Waals surface area contributed by atoms with E-state index in [1.165, 1.54) is 5.57 Å². The Bertz CT molecular complexity index is 370. The summed E-state index contributed by atoms with van der Waals surface area (Å²) in [4.78, 5) is 0. The van der Waals surface area contributed by atoms with Gasteiger partial charge in [0.25, 0.3) is 0 Å². The third-order valence-corrected chi connectivity index (χ3v) is 3.67. The molecule has 0 aromatic heterocycles. The first-order chi connectivity index (χ1) is 7.04. The molecule has 0 spiro atoms. The second-order valence-electron chi connectivity index (χ2n) is 3.67. The summed E-state index contributed by atoms with van der Waals surface area (Å²) in [5.74, 6) is 0.532. The molecule has 0 nitrogen and oxygen atoms in total. The average Bonchev–Trinajstić information content (AvgIpc) is 2.16. The van der Waals surface area contributed by atoms with Crippen LogP contribution in [0.2, 0.25) is 5.02 Å². The normalized spacial score (nSPS) is 12.3. The van der Waals surface area contributed by atoms with Crippen molar-refractivity contribution < 1.29 is 0 Å². The molecule has 0 fully saturated rings. The first-order valence-corrected chi connectivity index (χ1v) is 7.05. The van der Waals surface area contributed by atoms with Gasteiger partial charge in [0.1, 0.15) is 0 Å². The van der Waals surface area contributed by atoms with E-state index < -0.39 is 0 Å². The standard InChI is InChI=1S/C12H13Br2Cl/c1-8(2)10(7-13)5-9-3-4-11(14)6-12(9)15/h3-6,8H,7H2,1-2H3/b10-5+. The van der Waals surface area contributed by atoms with Crippen LogP contribution in [0.15, 0.2) is 28.2 Å². The number of hydrogen-bond donors (Lipinski definition) is 0. The van der Waals surface area contributed by atoms with Crippen molar-refractivity contribution in [1.82, 2.24) is 0 Å². The third kappa shape index (κ3) is 3.93. The zero-order valence-electron chi connectivity index (χ0n) is 8.73. The summed E-state index contributed by atoms with van der Waals surface area (Å²) in [7, 11) is 0. The van der Waals surface area contributed by atoms with Crippen molar-refractivity contribution in [2.24, 2.45) is 5.92 Å². The Balaban J connectivity index is 3.06. The minimum absolute atomic E-state index is 0.532. The van der Waals surface area contributed by atoms with Crippen LogP contribution in [0, 0.1) is 5.92 Å². The van der Waals surface area contributed by atoms with Crippen molar-refractivity contribution >= 4 is 49.5 Å². The fourth-order valence-electron chi connectivity index (χ4n) is 1.18. The molecule has 3 heteroatoms. The number of alkyl halides is 1.